The zero-order valence-corrected chi connectivity index (χ0v) is 16.1. The van der Waals surface area contributed by atoms with Crippen LogP contribution < -0.4 is 21.8 Å². The van der Waals surface area contributed by atoms with Gasteiger partial charge in [0.2, 0.25) is 11.9 Å². The summed E-state index contributed by atoms with van der Waals surface area (Å²) >= 11 is 0. The van der Waals surface area contributed by atoms with Crippen molar-refractivity contribution >= 4 is 46.6 Å². The van der Waals surface area contributed by atoms with Gasteiger partial charge in [-0.3, -0.25) is 19.6 Å². The van der Waals surface area contributed by atoms with Crippen LogP contribution in [0.25, 0.3) is 34.0 Å². The maximum atomic E-state index is 12.5. The number of aromatic amines is 4. The summed E-state index contributed by atoms with van der Waals surface area (Å²) in [5.41, 5.74) is 5.69. The number of halogens is 1. The summed E-state index contributed by atoms with van der Waals surface area (Å²) in [5.74, 6) is 1.05. The van der Waals surface area contributed by atoms with Crippen LogP contribution in [0.4, 0.5) is 11.9 Å². The summed E-state index contributed by atoms with van der Waals surface area (Å²) in [6, 6.07) is 0. The second-order valence-electron chi connectivity index (χ2n) is 6.81. The van der Waals surface area contributed by atoms with Crippen molar-refractivity contribution in [1.82, 2.24) is 39.9 Å². The van der Waals surface area contributed by atoms with Gasteiger partial charge >= 0.3 is 0 Å². The van der Waals surface area contributed by atoms with Gasteiger partial charge in [-0.2, -0.15) is 9.97 Å². The Morgan fingerprint density at radius 1 is 0.724 bits per heavy atom. The van der Waals surface area contributed by atoms with Crippen LogP contribution in [-0.4, -0.2) is 53.0 Å². The molecule has 152 valence electrons. The number of H-pyrrole nitrogens is 4. The number of imidazole rings is 2. The highest BCUT2D eigenvalue weighted by molar-refractivity contribution is 5.85. The van der Waals surface area contributed by atoms with Crippen molar-refractivity contribution in [3.8, 4) is 11.6 Å². The van der Waals surface area contributed by atoms with E-state index in [0.717, 1.165) is 25.9 Å². The molecule has 0 aromatic carbocycles. The Bertz CT molecular complexity index is 1290. The van der Waals surface area contributed by atoms with Gasteiger partial charge in [0.25, 0.3) is 11.1 Å². The highest BCUT2D eigenvalue weighted by Crippen LogP contribution is 2.19. The first-order chi connectivity index (χ1) is 13.6. The van der Waals surface area contributed by atoms with Crippen molar-refractivity contribution < 1.29 is 0 Å². The van der Waals surface area contributed by atoms with E-state index in [1.165, 1.54) is 12.8 Å². The number of hydrogen-bond acceptors (Lipinski definition) is 8. The van der Waals surface area contributed by atoms with Crippen molar-refractivity contribution in [3.63, 3.8) is 0 Å². The lowest BCUT2D eigenvalue weighted by atomic mass is 10.2. The molecule has 4 aromatic rings. The van der Waals surface area contributed by atoms with Crippen molar-refractivity contribution in [2.75, 3.05) is 23.7 Å². The Morgan fingerprint density at radius 3 is 1.90 bits per heavy atom. The minimum atomic E-state index is -0.434. The van der Waals surface area contributed by atoms with E-state index < -0.39 is 5.56 Å². The molecule has 29 heavy (non-hydrogen) atoms. The molecule has 4 aromatic heterocycles. The quantitative estimate of drug-likeness (QED) is 0.315. The standard InChI is InChI=1S/C16H18N10O2.ClH/c17-15-22-9-7(13(27)24-15)18-11(20-9)12-19-8-10(21-12)23-16(25-14(8)28)26-5-3-1-2-4-6-26;/h1-6H2,(H2,19,21,23,25,28)(H4,17,18,20,22,24,27);1H. The Labute approximate surface area is 168 Å². The molecule has 1 saturated heterocycles. The van der Waals surface area contributed by atoms with Gasteiger partial charge < -0.3 is 20.6 Å². The summed E-state index contributed by atoms with van der Waals surface area (Å²) in [7, 11) is 0. The fraction of sp³-hybridized carbons (Fsp3) is 0.375. The lowest BCUT2D eigenvalue weighted by Crippen LogP contribution is -2.28. The molecule has 0 bridgehead atoms. The second kappa shape index (κ2) is 7.20. The van der Waals surface area contributed by atoms with Gasteiger partial charge in [-0.25, -0.2) is 9.97 Å². The average Bonchev–Trinajstić information content (AvgIpc) is 3.17. The van der Waals surface area contributed by atoms with Gasteiger partial charge in [0.15, 0.2) is 34.0 Å². The number of hydrogen-bond donors (Lipinski definition) is 5. The van der Waals surface area contributed by atoms with Crippen LogP contribution in [0.15, 0.2) is 9.59 Å². The monoisotopic (exact) mass is 418 g/mol. The third-order valence-corrected chi connectivity index (χ3v) is 4.86. The summed E-state index contributed by atoms with van der Waals surface area (Å²) in [4.78, 5) is 54.7. The minimum Gasteiger partial charge on any atom is -0.369 e. The molecule has 12 nitrogen and oxygen atoms in total. The Hall–Kier alpha value is -3.41. The number of fused-ring (bicyclic) bond motifs is 2. The molecule has 0 aliphatic carbocycles. The van der Waals surface area contributed by atoms with E-state index >= 15 is 0 Å². The van der Waals surface area contributed by atoms with E-state index in [1.54, 1.807) is 0 Å². The van der Waals surface area contributed by atoms with E-state index in [9.17, 15) is 9.59 Å². The van der Waals surface area contributed by atoms with Gasteiger partial charge in [0, 0.05) is 13.1 Å². The normalized spacial score (nSPS) is 14.8. The van der Waals surface area contributed by atoms with E-state index in [1.807, 2.05) is 0 Å². The van der Waals surface area contributed by atoms with Crippen LogP contribution in [-0.2, 0) is 0 Å². The first-order valence-corrected chi connectivity index (χ1v) is 9.09. The molecule has 0 unspecified atom stereocenters. The summed E-state index contributed by atoms with van der Waals surface area (Å²) in [6.07, 6.45) is 4.49. The molecule has 5 heterocycles. The summed E-state index contributed by atoms with van der Waals surface area (Å²) in [5, 5.41) is 0. The highest BCUT2D eigenvalue weighted by Gasteiger charge is 2.18. The third-order valence-electron chi connectivity index (χ3n) is 4.86. The predicted octanol–water partition coefficient (Wildman–Crippen LogP) is 0.657. The van der Waals surface area contributed by atoms with E-state index in [2.05, 4.69) is 44.8 Å². The van der Waals surface area contributed by atoms with Crippen LogP contribution in [0.5, 0.6) is 0 Å². The molecule has 1 aliphatic heterocycles. The minimum absolute atomic E-state index is 0. The zero-order chi connectivity index (χ0) is 19.3. The first-order valence-electron chi connectivity index (χ1n) is 9.09. The van der Waals surface area contributed by atoms with Crippen molar-refractivity contribution in [2.45, 2.75) is 25.7 Å². The van der Waals surface area contributed by atoms with Gasteiger partial charge in [0.1, 0.15) is 0 Å². The van der Waals surface area contributed by atoms with Gasteiger partial charge in [-0.05, 0) is 12.8 Å². The fourth-order valence-electron chi connectivity index (χ4n) is 3.48. The lowest BCUT2D eigenvalue weighted by molar-refractivity contribution is 0.726. The Balaban J connectivity index is 0.00000205. The van der Waals surface area contributed by atoms with E-state index in [0.29, 0.717) is 11.6 Å². The lowest BCUT2D eigenvalue weighted by Gasteiger charge is -2.20. The Morgan fingerprint density at radius 2 is 1.28 bits per heavy atom. The summed E-state index contributed by atoms with van der Waals surface area (Å²) < 4.78 is 0. The van der Waals surface area contributed by atoms with Crippen molar-refractivity contribution in [2.24, 2.45) is 0 Å². The number of nitrogens with one attached hydrogen (secondary N) is 4. The predicted molar refractivity (Wildman–Crippen MR) is 110 cm³/mol. The second-order valence-corrected chi connectivity index (χ2v) is 6.81. The van der Waals surface area contributed by atoms with Crippen LogP contribution >= 0.6 is 12.4 Å². The fourth-order valence-corrected chi connectivity index (χ4v) is 3.48. The molecular weight excluding hydrogens is 400 g/mol. The molecule has 1 aliphatic rings. The number of aromatic nitrogens is 8. The molecule has 0 spiro atoms. The number of rotatable bonds is 2. The zero-order valence-electron chi connectivity index (χ0n) is 15.3. The van der Waals surface area contributed by atoms with Gasteiger partial charge in [-0.15, -0.1) is 12.4 Å². The molecule has 0 saturated carbocycles. The van der Waals surface area contributed by atoms with Gasteiger partial charge in [-0.1, -0.05) is 12.8 Å². The molecule has 1 fully saturated rings. The summed E-state index contributed by atoms with van der Waals surface area (Å²) in [6.45, 7) is 1.70. The van der Waals surface area contributed by atoms with E-state index in [4.69, 9.17) is 5.73 Å². The topological polar surface area (TPSA) is 178 Å². The van der Waals surface area contributed by atoms with Gasteiger partial charge in [0.05, 0.1) is 0 Å². The van der Waals surface area contributed by atoms with Crippen LogP contribution in [0, 0.1) is 0 Å². The molecule has 6 N–H and O–H groups in total. The highest BCUT2D eigenvalue weighted by atomic mass is 35.5. The molecule has 5 rings (SSSR count). The molecular formula is C16H19ClN10O2. The molecule has 0 atom stereocenters. The molecule has 13 heteroatoms. The van der Waals surface area contributed by atoms with Crippen molar-refractivity contribution in [1.29, 1.82) is 0 Å². The number of nitrogens with zero attached hydrogens (tertiary/aromatic N) is 5. The third kappa shape index (κ3) is 3.31. The smallest absolute Gasteiger partial charge is 0.278 e. The number of anilines is 2. The average molecular weight is 419 g/mol. The van der Waals surface area contributed by atoms with Crippen LogP contribution in [0.3, 0.4) is 0 Å². The largest absolute Gasteiger partial charge is 0.369 e. The molecule has 0 amide bonds. The SMILES string of the molecule is Cl.Nc1nc2nc(-c3nc4nc(N5CCCCCC5)[nH]c(=O)c4[nH]3)[nH]c2c(=O)[nH]1. The maximum Gasteiger partial charge on any atom is 0.278 e. The number of nitrogens with two attached hydrogens (primary N) is 1. The van der Waals surface area contributed by atoms with Crippen LogP contribution in [0.1, 0.15) is 25.7 Å². The molecule has 0 radical (unpaired) electrons. The Kier molecular flexibility index (Phi) is 4.70. The van der Waals surface area contributed by atoms with Crippen molar-refractivity contribution in [3.05, 3.63) is 20.7 Å². The maximum absolute atomic E-state index is 12.5. The van der Waals surface area contributed by atoms with Crippen LogP contribution in [0.2, 0.25) is 0 Å². The first kappa shape index (κ1) is 18.9. The number of nitrogen functional groups attached to an aromatic ring is 1. The van der Waals surface area contributed by atoms with E-state index in [-0.39, 0.29) is 52.2 Å².